The van der Waals surface area contributed by atoms with Gasteiger partial charge < -0.3 is 10.5 Å². The maximum Gasteiger partial charge on any atom is 0.0650 e. The third-order valence-electron chi connectivity index (χ3n) is 2.44. The Bertz CT molecular complexity index is 268. The number of nitrogens with zero attached hydrogens (tertiary/aromatic N) is 1. The summed E-state index contributed by atoms with van der Waals surface area (Å²) in [4.78, 5) is 3.97. The lowest BCUT2D eigenvalue weighted by Gasteiger charge is -2.21. The molecule has 0 spiro atoms. The second kappa shape index (κ2) is 3.44. The minimum Gasteiger partial charge on any atom is -0.379 e. The van der Waals surface area contributed by atoms with Gasteiger partial charge in [0.2, 0.25) is 0 Å². The van der Waals surface area contributed by atoms with Crippen LogP contribution in [0.5, 0.6) is 0 Å². The Kier molecular flexibility index (Phi) is 2.29. The molecule has 2 heterocycles. The van der Waals surface area contributed by atoms with Gasteiger partial charge in [-0.2, -0.15) is 0 Å². The minimum atomic E-state index is -0.151. The summed E-state index contributed by atoms with van der Waals surface area (Å²) in [6, 6.07) is 4.01. The molecule has 0 amide bonds. The van der Waals surface area contributed by atoms with Crippen molar-refractivity contribution in [2.75, 3.05) is 13.2 Å². The molecule has 1 atom stereocenters. The van der Waals surface area contributed by atoms with Gasteiger partial charge >= 0.3 is 0 Å². The summed E-state index contributed by atoms with van der Waals surface area (Å²) in [6.07, 6.45) is 5.44. The molecule has 2 rings (SSSR count). The number of aromatic nitrogens is 1. The van der Waals surface area contributed by atoms with Gasteiger partial charge in [0.1, 0.15) is 0 Å². The molecular formula is C10H14N2O. The van der Waals surface area contributed by atoms with Crippen molar-refractivity contribution in [3.8, 4) is 0 Å². The Hall–Kier alpha value is -0.930. The number of nitrogens with two attached hydrogens (primary N) is 1. The van der Waals surface area contributed by atoms with E-state index in [1.807, 2.05) is 12.1 Å². The summed E-state index contributed by atoms with van der Waals surface area (Å²) in [5.74, 6) is 0. The molecule has 2 N–H and O–H groups in total. The predicted molar refractivity (Wildman–Crippen MR) is 50.3 cm³/mol. The van der Waals surface area contributed by atoms with Crippen molar-refractivity contribution in [3.63, 3.8) is 0 Å². The van der Waals surface area contributed by atoms with Gasteiger partial charge in [-0.05, 0) is 30.5 Å². The molecule has 1 aliphatic rings. The van der Waals surface area contributed by atoms with Gasteiger partial charge in [-0.15, -0.1) is 0 Å². The number of rotatable bonds is 2. The molecule has 1 aromatic rings. The molecule has 13 heavy (non-hydrogen) atoms. The highest BCUT2D eigenvalue weighted by Gasteiger charge is 2.30. The van der Waals surface area contributed by atoms with E-state index in [0.29, 0.717) is 6.61 Å². The fourth-order valence-electron chi connectivity index (χ4n) is 1.67. The number of hydrogen-bond acceptors (Lipinski definition) is 3. The standard InChI is InChI=1S/C10H14N2O/c11-10(3-6-13-8-10)7-9-1-4-12-5-2-9/h1-2,4-5H,3,6-8,11H2. The Balaban J connectivity index is 2.05. The van der Waals surface area contributed by atoms with Gasteiger partial charge in [-0.3, -0.25) is 4.98 Å². The normalized spacial score (nSPS) is 27.8. The topological polar surface area (TPSA) is 48.1 Å². The summed E-state index contributed by atoms with van der Waals surface area (Å²) in [5, 5.41) is 0. The van der Waals surface area contributed by atoms with Crippen molar-refractivity contribution in [3.05, 3.63) is 30.1 Å². The molecule has 1 fully saturated rings. The lowest BCUT2D eigenvalue weighted by Crippen LogP contribution is -2.42. The van der Waals surface area contributed by atoms with Crippen LogP contribution in [0, 0.1) is 0 Å². The van der Waals surface area contributed by atoms with Crippen LogP contribution in [0.3, 0.4) is 0 Å². The van der Waals surface area contributed by atoms with Crippen molar-refractivity contribution in [1.82, 2.24) is 4.98 Å². The van der Waals surface area contributed by atoms with E-state index >= 15 is 0 Å². The molecule has 3 heteroatoms. The Labute approximate surface area is 77.9 Å². The number of pyridine rings is 1. The van der Waals surface area contributed by atoms with Crippen molar-refractivity contribution in [1.29, 1.82) is 0 Å². The van der Waals surface area contributed by atoms with Gasteiger partial charge in [0, 0.05) is 24.5 Å². The van der Waals surface area contributed by atoms with Crippen LogP contribution >= 0.6 is 0 Å². The van der Waals surface area contributed by atoms with Crippen LogP contribution in [0.25, 0.3) is 0 Å². The van der Waals surface area contributed by atoms with E-state index < -0.39 is 0 Å². The second-order valence-corrected chi connectivity index (χ2v) is 3.70. The van der Waals surface area contributed by atoms with Gasteiger partial charge in [-0.25, -0.2) is 0 Å². The fraction of sp³-hybridized carbons (Fsp3) is 0.500. The van der Waals surface area contributed by atoms with Crippen LogP contribution in [0.2, 0.25) is 0 Å². The SMILES string of the molecule is NC1(Cc2ccncc2)CCOC1. The number of ether oxygens (including phenoxy) is 1. The fourth-order valence-corrected chi connectivity index (χ4v) is 1.67. The van der Waals surface area contributed by atoms with Crippen LogP contribution in [-0.4, -0.2) is 23.7 Å². The molecule has 0 saturated carbocycles. The van der Waals surface area contributed by atoms with Crippen molar-refractivity contribution in [2.24, 2.45) is 5.73 Å². The van der Waals surface area contributed by atoms with E-state index in [1.54, 1.807) is 12.4 Å². The van der Waals surface area contributed by atoms with Gasteiger partial charge in [0.05, 0.1) is 6.61 Å². The average Bonchev–Trinajstić information content (AvgIpc) is 2.54. The molecule has 1 saturated heterocycles. The molecule has 0 radical (unpaired) electrons. The molecule has 1 aliphatic heterocycles. The Morgan fingerprint density at radius 3 is 2.85 bits per heavy atom. The zero-order chi connectivity index (χ0) is 9.15. The van der Waals surface area contributed by atoms with Gasteiger partial charge in [0.25, 0.3) is 0 Å². The molecule has 0 aliphatic carbocycles. The van der Waals surface area contributed by atoms with Crippen molar-refractivity contribution in [2.45, 2.75) is 18.4 Å². The predicted octanol–water partition coefficient (Wildman–Crippen LogP) is 0.742. The zero-order valence-corrected chi connectivity index (χ0v) is 7.57. The van der Waals surface area contributed by atoms with E-state index in [2.05, 4.69) is 4.98 Å². The summed E-state index contributed by atoms with van der Waals surface area (Å²) in [7, 11) is 0. The van der Waals surface area contributed by atoms with Crippen LogP contribution in [0.15, 0.2) is 24.5 Å². The van der Waals surface area contributed by atoms with Crippen LogP contribution in [-0.2, 0) is 11.2 Å². The highest BCUT2D eigenvalue weighted by Crippen LogP contribution is 2.20. The summed E-state index contributed by atoms with van der Waals surface area (Å²) in [6.45, 7) is 1.47. The molecule has 0 aromatic carbocycles. The molecule has 1 unspecified atom stereocenters. The first-order chi connectivity index (χ1) is 6.29. The van der Waals surface area contributed by atoms with Crippen molar-refractivity contribution >= 4 is 0 Å². The Morgan fingerprint density at radius 1 is 1.46 bits per heavy atom. The average molecular weight is 178 g/mol. The summed E-state index contributed by atoms with van der Waals surface area (Å²) >= 11 is 0. The van der Waals surface area contributed by atoms with Gasteiger partial charge in [-0.1, -0.05) is 0 Å². The molecule has 3 nitrogen and oxygen atoms in total. The maximum atomic E-state index is 6.15. The van der Waals surface area contributed by atoms with Gasteiger partial charge in [0.15, 0.2) is 0 Å². The first-order valence-corrected chi connectivity index (χ1v) is 4.54. The molecule has 1 aromatic heterocycles. The summed E-state index contributed by atoms with van der Waals surface area (Å²) < 4.78 is 5.29. The largest absolute Gasteiger partial charge is 0.379 e. The Morgan fingerprint density at radius 2 is 2.23 bits per heavy atom. The van der Waals surface area contributed by atoms with Crippen LogP contribution < -0.4 is 5.73 Å². The zero-order valence-electron chi connectivity index (χ0n) is 7.57. The lowest BCUT2D eigenvalue weighted by atomic mass is 9.92. The monoisotopic (exact) mass is 178 g/mol. The second-order valence-electron chi connectivity index (χ2n) is 3.70. The molecule has 0 bridgehead atoms. The van der Waals surface area contributed by atoms with Crippen molar-refractivity contribution < 1.29 is 4.74 Å². The van der Waals surface area contributed by atoms with Crippen LogP contribution in [0.4, 0.5) is 0 Å². The summed E-state index contributed by atoms with van der Waals surface area (Å²) in [5.41, 5.74) is 7.23. The van der Waals surface area contributed by atoms with Crippen LogP contribution in [0.1, 0.15) is 12.0 Å². The molecular weight excluding hydrogens is 164 g/mol. The molecule has 70 valence electrons. The highest BCUT2D eigenvalue weighted by atomic mass is 16.5. The first kappa shape index (κ1) is 8.66. The van der Waals surface area contributed by atoms with E-state index in [9.17, 15) is 0 Å². The minimum absolute atomic E-state index is 0.151. The van der Waals surface area contributed by atoms with E-state index in [4.69, 9.17) is 10.5 Å². The quantitative estimate of drug-likeness (QED) is 0.726. The highest BCUT2D eigenvalue weighted by molar-refractivity contribution is 5.14. The first-order valence-electron chi connectivity index (χ1n) is 4.54. The van der Waals surface area contributed by atoms with E-state index in [-0.39, 0.29) is 5.54 Å². The third-order valence-corrected chi connectivity index (χ3v) is 2.44. The maximum absolute atomic E-state index is 6.15. The number of hydrogen-bond donors (Lipinski definition) is 1. The van der Waals surface area contributed by atoms with E-state index in [0.717, 1.165) is 19.4 Å². The smallest absolute Gasteiger partial charge is 0.0650 e. The van der Waals surface area contributed by atoms with E-state index in [1.165, 1.54) is 5.56 Å². The third kappa shape index (κ3) is 2.05. The lowest BCUT2D eigenvalue weighted by molar-refractivity contribution is 0.178.